The summed E-state index contributed by atoms with van der Waals surface area (Å²) in [7, 11) is 0. The standard InChI is InChI=1S/C15H19N3O4/c1-9-12(14(19)22-15(3,4)5)17-8-11(18-9)21-10(2)13-16-6-7-20-13/h6-8,10H,1-5H3/t10-/m0/s1. The first-order valence-corrected chi connectivity index (χ1v) is 6.89. The van der Waals surface area contributed by atoms with Gasteiger partial charge in [-0.15, -0.1) is 0 Å². The fraction of sp³-hybridized carbons (Fsp3) is 0.467. The molecule has 0 fully saturated rings. The SMILES string of the molecule is Cc1nc(O[C@@H](C)c2ncco2)cnc1C(=O)OC(C)(C)C. The Hall–Kier alpha value is -2.44. The number of aromatic nitrogens is 3. The predicted molar refractivity (Wildman–Crippen MR) is 77.5 cm³/mol. The molecule has 0 aromatic carbocycles. The second kappa shape index (κ2) is 6.13. The maximum Gasteiger partial charge on any atom is 0.359 e. The van der Waals surface area contributed by atoms with E-state index in [1.165, 1.54) is 18.7 Å². The number of oxazole rings is 1. The van der Waals surface area contributed by atoms with Gasteiger partial charge in [0.2, 0.25) is 11.8 Å². The van der Waals surface area contributed by atoms with Crippen molar-refractivity contribution in [2.75, 3.05) is 0 Å². The van der Waals surface area contributed by atoms with Crippen molar-refractivity contribution in [2.24, 2.45) is 0 Å². The lowest BCUT2D eigenvalue weighted by atomic mass is 10.2. The third-order valence-electron chi connectivity index (χ3n) is 2.61. The minimum absolute atomic E-state index is 0.172. The quantitative estimate of drug-likeness (QED) is 0.802. The number of rotatable bonds is 4. The van der Waals surface area contributed by atoms with Gasteiger partial charge in [0.05, 0.1) is 18.1 Å². The van der Waals surface area contributed by atoms with Gasteiger partial charge >= 0.3 is 5.97 Å². The zero-order valence-electron chi connectivity index (χ0n) is 13.3. The van der Waals surface area contributed by atoms with Crippen LogP contribution in [0.15, 0.2) is 23.1 Å². The van der Waals surface area contributed by atoms with Crippen LogP contribution in [-0.2, 0) is 4.74 Å². The molecule has 0 spiro atoms. The Morgan fingerprint density at radius 1 is 1.32 bits per heavy atom. The minimum atomic E-state index is -0.583. The molecule has 0 saturated carbocycles. The molecule has 0 radical (unpaired) electrons. The molecule has 118 valence electrons. The number of carbonyl (C=O) groups excluding carboxylic acids is 1. The lowest BCUT2D eigenvalue weighted by Crippen LogP contribution is -2.25. The maximum absolute atomic E-state index is 12.0. The Labute approximate surface area is 128 Å². The molecule has 22 heavy (non-hydrogen) atoms. The van der Waals surface area contributed by atoms with Crippen LogP contribution in [0.25, 0.3) is 0 Å². The summed E-state index contributed by atoms with van der Waals surface area (Å²) in [6.45, 7) is 8.84. The van der Waals surface area contributed by atoms with E-state index in [-0.39, 0.29) is 11.6 Å². The van der Waals surface area contributed by atoms with Gasteiger partial charge < -0.3 is 13.9 Å². The van der Waals surface area contributed by atoms with Crippen molar-refractivity contribution >= 4 is 5.97 Å². The van der Waals surface area contributed by atoms with Crippen molar-refractivity contribution in [3.05, 3.63) is 35.9 Å². The zero-order chi connectivity index (χ0) is 16.3. The summed E-state index contributed by atoms with van der Waals surface area (Å²) in [5, 5.41) is 0. The molecule has 0 aliphatic carbocycles. The summed E-state index contributed by atoms with van der Waals surface area (Å²) in [5.74, 6) is 0.219. The Kier molecular flexibility index (Phi) is 4.44. The number of hydrogen-bond donors (Lipinski definition) is 0. The molecule has 0 N–H and O–H groups in total. The molecule has 0 saturated heterocycles. The zero-order valence-corrected chi connectivity index (χ0v) is 13.3. The van der Waals surface area contributed by atoms with Gasteiger partial charge in [0.25, 0.3) is 0 Å². The summed E-state index contributed by atoms with van der Waals surface area (Å²) in [5.41, 5.74) is 0.0252. The van der Waals surface area contributed by atoms with E-state index in [9.17, 15) is 4.79 Å². The van der Waals surface area contributed by atoms with Gasteiger partial charge in [0, 0.05) is 0 Å². The van der Waals surface area contributed by atoms with Gasteiger partial charge in [0.1, 0.15) is 11.9 Å². The van der Waals surface area contributed by atoms with Crippen LogP contribution in [0, 0.1) is 6.92 Å². The first kappa shape index (κ1) is 15.9. The molecule has 0 amide bonds. The third-order valence-corrected chi connectivity index (χ3v) is 2.61. The Morgan fingerprint density at radius 3 is 2.59 bits per heavy atom. The summed E-state index contributed by atoms with van der Waals surface area (Å²) in [6.07, 6.45) is 3.98. The van der Waals surface area contributed by atoms with Crippen molar-refractivity contribution < 1.29 is 18.7 Å². The Bertz CT molecular complexity index is 647. The smallest absolute Gasteiger partial charge is 0.359 e. The molecular formula is C15H19N3O4. The van der Waals surface area contributed by atoms with Crippen molar-refractivity contribution in [1.82, 2.24) is 15.0 Å². The highest BCUT2D eigenvalue weighted by atomic mass is 16.6. The normalized spacial score (nSPS) is 12.8. The Morgan fingerprint density at radius 2 is 2.05 bits per heavy atom. The van der Waals surface area contributed by atoms with Crippen LogP contribution in [0.5, 0.6) is 5.88 Å². The summed E-state index contributed by atoms with van der Waals surface area (Å²) < 4.78 is 16.0. The fourth-order valence-electron chi connectivity index (χ4n) is 1.71. The molecule has 1 atom stereocenters. The molecule has 0 aliphatic heterocycles. The second-order valence-corrected chi connectivity index (χ2v) is 5.77. The van der Waals surface area contributed by atoms with Crippen LogP contribution < -0.4 is 4.74 Å². The van der Waals surface area contributed by atoms with E-state index in [0.29, 0.717) is 11.6 Å². The van der Waals surface area contributed by atoms with Crippen molar-refractivity contribution in [3.8, 4) is 5.88 Å². The number of esters is 1. The Balaban J connectivity index is 2.11. The van der Waals surface area contributed by atoms with E-state index in [1.807, 2.05) is 0 Å². The van der Waals surface area contributed by atoms with Crippen LogP contribution >= 0.6 is 0 Å². The lowest BCUT2D eigenvalue weighted by molar-refractivity contribution is 0.00611. The van der Waals surface area contributed by atoms with Crippen LogP contribution in [0.1, 0.15) is 55.9 Å². The molecule has 0 aliphatic rings. The molecule has 7 heteroatoms. The van der Waals surface area contributed by atoms with Gasteiger partial charge in [-0.2, -0.15) is 0 Å². The second-order valence-electron chi connectivity index (χ2n) is 5.77. The highest BCUT2D eigenvalue weighted by Crippen LogP contribution is 2.20. The first-order valence-electron chi connectivity index (χ1n) is 6.89. The molecule has 2 rings (SSSR count). The van der Waals surface area contributed by atoms with Gasteiger partial charge in [-0.05, 0) is 34.6 Å². The average molecular weight is 305 g/mol. The number of ether oxygens (including phenoxy) is 2. The molecule has 2 aromatic heterocycles. The molecule has 0 unspecified atom stereocenters. The van der Waals surface area contributed by atoms with E-state index < -0.39 is 17.7 Å². The molecule has 0 bridgehead atoms. The van der Waals surface area contributed by atoms with E-state index in [2.05, 4.69) is 15.0 Å². The maximum atomic E-state index is 12.0. The van der Waals surface area contributed by atoms with E-state index in [4.69, 9.17) is 13.9 Å². The van der Waals surface area contributed by atoms with Crippen molar-refractivity contribution in [1.29, 1.82) is 0 Å². The number of aryl methyl sites for hydroxylation is 1. The summed E-state index contributed by atoms with van der Waals surface area (Å²) in [4.78, 5) is 24.3. The fourth-order valence-corrected chi connectivity index (χ4v) is 1.71. The van der Waals surface area contributed by atoms with Crippen LogP contribution in [0.4, 0.5) is 0 Å². The molecule has 2 heterocycles. The third kappa shape index (κ3) is 4.03. The van der Waals surface area contributed by atoms with E-state index >= 15 is 0 Å². The first-order chi connectivity index (χ1) is 10.3. The van der Waals surface area contributed by atoms with Crippen molar-refractivity contribution in [3.63, 3.8) is 0 Å². The molecular weight excluding hydrogens is 286 g/mol. The van der Waals surface area contributed by atoms with Gasteiger partial charge in [-0.1, -0.05) is 0 Å². The highest BCUT2D eigenvalue weighted by Gasteiger charge is 2.22. The minimum Gasteiger partial charge on any atom is -0.464 e. The van der Waals surface area contributed by atoms with Gasteiger partial charge in [-0.25, -0.2) is 19.7 Å². The van der Waals surface area contributed by atoms with E-state index in [1.54, 1.807) is 34.6 Å². The number of carbonyl (C=O) groups is 1. The van der Waals surface area contributed by atoms with Crippen LogP contribution in [-0.4, -0.2) is 26.5 Å². The predicted octanol–water partition coefficient (Wildman–Crippen LogP) is 2.87. The van der Waals surface area contributed by atoms with Gasteiger partial charge in [0.15, 0.2) is 11.8 Å². The summed E-state index contributed by atoms with van der Waals surface area (Å²) in [6, 6.07) is 0. The highest BCUT2D eigenvalue weighted by molar-refractivity contribution is 5.88. The largest absolute Gasteiger partial charge is 0.464 e. The van der Waals surface area contributed by atoms with Gasteiger partial charge in [-0.3, -0.25) is 0 Å². The monoisotopic (exact) mass is 305 g/mol. The summed E-state index contributed by atoms with van der Waals surface area (Å²) >= 11 is 0. The average Bonchev–Trinajstić information content (AvgIpc) is 2.90. The molecule has 2 aromatic rings. The van der Waals surface area contributed by atoms with Crippen LogP contribution in [0.3, 0.4) is 0 Å². The topological polar surface area (TPSA) is 87.3 Å². The lowest BCUT2D eigenvalue weighted by Gasteiger charge is -2.19. The number of hydrogen-bond acceptors (Lipinski definition) is 7. The number of nitrogens with zero attached hydrogens (tertiary/aromatic N) is 3. The van der Waals surface area contributed by atoms with Crippen molar-refractivity contribution in [2.45, 2.75) is 46.3 Å². The van der Waals surface area contributed by atoms with Crippen LogP contribution in [0.2, 0.25) is 0 Å². The van der Waals surface area contributed by atoms with E-state index in [0.717, 1.165) is 0 Å². The molecule has 7 nitrogen and oxygen atoms in total.